The Hall–Kier alpha value is -0.340. The van der Waals surface area contributed by atoms with E-state index in [9.17, 15) is 0 Å². The Bertz CT molecular complexity index is 89.6. The van der Waals surface area contributed by atoms with E-state index in [-0.39, 0.29) is 0 Å². The van der Waals surface area contributed by atoms with Crippen LogP contribution >= 0.6 is 0 Å². The maximum absolute atomic E-state index is 4.81. The van der Waals surface area contributed by atoms with Gasteiger partial charge in [0.25, 0.3) is 0 Å². The third-order valence-electron chi connectivity index (χ3n) is 1.35. The van der Waals surface area contributed by atoms with Gasteiger partial charge in [0.05, 0.1) is 0 Å². The highest BCUT2D eigenvalue weighted by atomic mass is 16.8. The molecule has 1 aliphatic heterocycles. The van der Waals surface area contributed by atoms with E-state index in [1.165, 1.54) is 25.7 Å². The largest absolute Gasteiger partial charge is 0.278 e. The highest BCUT2D eigenvalue weighted by Gasteiger charge is 2.19. The van der Waals surface area contributed by atoms with E-state index in [1.54, 1.807) is 6.08 Å². The number of hydrogen-bond acceptors (Lipinski definition) is 2. The quantitative estimate of drug-likeness (QED) is 0.386. The zero-order valence-electron chi connectivity index (χ0n) is 7.60. The first-order valence-electron chi connectivity index (χ1n) is 4.33. The van der Waals surface area contributed by atoms with Crippen LogP contribution in [0.1, 0.15) is 39.5 Å². The Morgan fingerprint density at radius 3 is 2.45 bits per heavy atom. The van der Waals surface area contributed by atoms with Gasteiger partial charge < -0.3 is 0 Å². The van der Waals surface area contributed by atoms with E-state index in [1.807, 2.05) is 6.92 Å². The van der Waals surface area contributed by atoms with Crippen LogP contribution in [0.2, 0.25) is 0 Å². The second kappa shape index (κ2) is 7.76. The van der Waals surface area contributed by atoms with Gasteiger partial charge in [0.1, 0.15) is 0 Å². The summed E-state index contributed by atoms with van der Waals surface area (Å²) < 4.78 is 0. The maximum atomic E-state index is 4.81. The highest BCUT2D eigenvalue weighted by molar-refractivity contribution is 4.57. The minimum absolute atomic E-state index is 0.404. The molecule has 0 bridgehead atoms. The number of rotatable bonds is 4. The summed E-state index contributed by atoms with van der Waals surface area (Å²) in [6.45, 7) is 7.46. The molecule has 0 aliphatic carbocycles. The van der Waals surface area contributed by atoms with Crippen LogP contribution in [-0.2, 0) is 4.84 Å². The Labute approximate surface area is 69.6 Å². The van der Waals surface area contributed by atoms with Gasteiger partial charge in [-0.3, -0.25) is 4.84 Å². The Morgan fingerprint density at radius 1 is 1.55 bits per heavy atom. The zero-order valence-corrected chi connectivity index (χ0v) is 7.60. The van der Waals surface area contributed by atoms with Gasteiger partial charge in [-0.1, -0.05) is 25.8 Å². The molecule has 2 heteroatoms. The summed E-state index contributed by atoms with van der Waals surface area (Å²) in [7, 11) is 0. The molecule has 1 heterocycles. The lowest BCUT2D eigenvalue weighted by molar-refractivity contribution is 0.358. The van der Waals surface area contributed by atoms with E-state index in [0.717, 1.165) is 0 Å². The van der Waals surface area contributed by atoms with Gasteiger partial charge in [0, 0.05) is 0 Å². The van der Waals surface area contributed by atoms with Crippen LogP contribution in [0.4, 0.5) is 0 Å². The number of unbranched alkanes of at least 4 members (excludes halogenated alkanes) is 2. The molecular weight excluding hydrogens is 138 g/mol. The maximum Gasteiger partial charge on any atom is 0.151 e. The molecule has 66 valence electrons. The summed E-state index contributed by atoms with van der Waals surface area (Å²) in [5.41, 5.74) is 2.79. The summed E-state index contributed by atoms with van der Waals surface area (Å²) in [6, 6.07) is 0. The van der Waals surface area contributed by atoms with Gasteiger partial charge in [0.2, 0.25) is 0 Å². The van der Waals surface area contributed by atoms with Crippen molar-refractivity contribution in [2.24, 2.45) is 0 Å². The number of nitrogens with one attached hydrogen (secondary N) is 1. The molecule has 0 spiro atoms. The van der Waals surface area contributed by atoms with Crippen molar-refractivity contribution in [3.8, 4) is 0 Å². The molecule has 0 aromatic carbocycles. The van der Waals surface area contributed by atoms with Crippen LogP contribution in [0, 0.1) is 0 Å². The predicted molar refractivity (Wildman–Crippen MR) is 48.0 cm³/mol. The normalized spacial score (nSPS) is 20.0. The Balaban J connectivity index is 0.000000292. The molecule has 1 saturated heterocycles. The lowest BCUT2D eigenvalue weighted by Crippen LogP contribution is -1.88. The third kappa shape index (κ3) is 9.66. The average molecular weight is 157 g/mol. The van der Waals surface area contributed by atoms with Gasteiger partial charge >= 0.3 is 0 Å². The van der Waals surface area contributed by atoms with Crippen molar-refractivity contribution in [3.63, 3.8) is 0 Å². The minimum atomic E-state index is 0.404. The molecule has 11 heavy (non-hydrogen) atoms. The fraction of sp³-hybridized carbons (Fsp3) is 0.778. The fourth-order valence-corrected chi connectivity index (χ4v) is 0.746. The van der Waals surface area contributed by atoms with E-state index >= 15 is 0 Å². The lowest BCUT2D eigenvalue weighted by atomic mass is 10.2. The van der Waals surface area contributed by atoms with E-state index in [2.05, 4.69) is 19.0 Å². The molecule has 1 unspecified atom stereocenters. The second-order valence-corrected chi connectivity index (χ2v) is 2.63. The number of hydroxylamine groups is 1. The van der Waals surface area contributed by atoms with E-state index in [0.29, 0.717) is 6.23 Å². The molecule has 2 nitrogen and oxygen atoms in total. The molecule has 0 saturated carbocycles. The van der Waals surface area contributed by atoms with E-state index < -0.39 is 0 Å². The van der Waals surface area contributed by atoms with Crippen molar-refractivity contribution in [2.75, 3.05) is 0 Å². The fourth-order valence-electron chi connectivity index (χ4n) is 0.746. The van der Waals surface area contributed by atoms with Crippen molar-refractivity contribution in [3.05, 3.63) is 12.7 Å². The molecule has 0 amide bonds. The third-order valence-corrected chi connectivity index (χ3v) is 1.35. The number of allylic oxidation sites excluding steroid dienone is 1. The molecule has 1 rings (SSSR count). The summed E-state index contributed by atoms with van der Waals surface area (Å²) in [4.78, 5) is 4.81. The minimum Gasteiger partial charge on any atom is -0.278 e. The Morgan fingerprint density at radius 2 is 2.09 bits per heavy atom. The standard InChI is InChI=1S/C6H13NO.C3H6/c1-2-3-4-5-6-7-8-6;1-3-2/h6-7H,2-5H2,1H3;3H,1H2,2H3. The Kier molecular flexibility index (Phi) is 7.52. The molecule has 1 atom stereocenters. The van der Waals surface area contributed by atoms with Crippen molar-refractivity contribution in [1.29, 1.82) is 0 Å². The zero-order chi connectivity index (χ0) is 8.53. The van der Waals surface area contributed by atoms with Crippen molar-refractivity contribution < 1.29 is 4.84 Å². The van der Waals surface area contributed by atoms with Crippen LogP contribution in [0.5, 0.6) is 0 Å². The van der Waals surface area contributed by atoms with Gasteiger partial charge in [0.15, 0.2) is 6.23 Å². The lowest BCUT2D eigenvalue weighted by Gasteiger charge is -1.89. The molecule has 0 aromatic heterocycles. The summed E-state index contributed by atoms with van der Waals surface area (Å²) in [5.74, 6) is 0. The van der Waals surface area contributed by atoms with Crippen molar-refractivity contribution in [2.45, 2.75) is 45.8 Å². The van der Waals surface area contributed by atoms with Crippen LogP contribution in [-0.4, -0.2) is 6.23 Å². The molecule has 1 aliphatic rings. The first-order chi connectivity index (χ1) is 5.35. The molecule has 1 N–H and O–H groups in total. The van der Waals surface area contributed by atoms with Gasteiger partial charge in [-0.2, -0.15) is 5.48 Å². The topological polar surface area (TPSA) is 34.5 Å². The molecule has 0 aromatic rings. The number of hydrogen-bond donors (Lipinski definition) is 1. The summed E-state index contributed by atoms with van der Waals surface area (Å²) >= 11 is 0. The van der Waals surface area contributed by atoms with Gasteiger partial charge in [-0.25, -0.2) is 0 Å². The molecule has 1 fully saturated rings. The van der Waals surface area contributed by atoms with Crippen molar-refractivity contribution in [1.82, 2.24) is 5.48 Å². The summed E-state index contributed by atoms with van der Waals surface area (Å²) in [6.07, 6.45) is 7.28. The van der Waals surface area contributed by atoms with Gasteiger partial charge in [-0.15, -0.1) is 6.58 Å². The van der Waals surface area contributed by atoms with Crippen LogP contribution < -0.4 is 5.48 Å². The first kappa shape index (κ1) is 10.7. The summed E-state index contributed by atoms with van der Waals surface area (Å²) in [5, 5.41) is 0. The van der Waals surface area contributed by atoms with Crippen molar-refractivity contribution >= 4 is 0 Å². The van der Waals surface area contributed by atoms with Gasteiger partial charge in [-0.05, 0) is 19.8 Å². The SMILES string of the molecule is C=CC.CCCCCC1NO1. The van der Waals surface area contributed by atoms with E-state index in [4.69, 9.17) is 4.84 Å². The molecular formula is C9H19NO. The highest BCUT2D eigenvalue weighted by Crippen LogP contribution is 2.10. The smallest absolute Gasteiger partial charge is 0.151 e. The first-order valence-corrected chi connectivity index (χ1v) is 4.33. The van der Waals surface area contributed by atoms with Crippen LogP contribution in [0.15, 0.2) is 12.7 Å². The predicted octanol–water partition coefficient (Wildman–Crippen LogP) is 2.62. The van der Waals surface area contributed by atoms with Crippen LogP contribution in [0.25, 0.3) is 0 Å². The van der Waals surface area contributed by atoms with Crippen LogP contribution in [0.3, 0.4) is 0 Å². The molecule has 0 radical (unpaired) electrons. The second-order valence-electron chi connectivity index (χ2n) is 2.63. The monoisotopic (exact) mass is 157 g/mol. The average Bonchev–Trinajstić information content (AvgIpc) is 2.74.